The van der Waals surface area contributed by atoms with Crippen LogP contribution in [0.3, 0.4) is 0 Å². The molecular weight excluding hydrogens is 266 g/mol. The lowest BCUT2D eigenvalue weighted by Gasteiger charge is -2.30. The van der Waals surface area contributed by atoms with Gasteiger partial charge >= 0.3 is 0 Å². The van der Waals surface area contributed by atoms with Gasteiger partial charge in [0.1, 0.15) is 5.56 Å². The van der Waals surface area contributed by atoms with Crippen molar-refractivity contribution in [3.8, 4) is 0 Å². The number of nitrogens with zero attached hydrogens (tertiary/aromatic N) is 1. The Balaban J connectivity index is 1.71. The number of piperidine rings is 1. The summed E-state index contributed by atoms with van der Waals surface area (Å²) in [5.41, 5.74) is 0.719. The molecule has 2 heterocycles. The topological polar surface area (TPSA) is 65.2 Å². The third-order valence-corrected chi connectivity index (χ3v) is 4.11. The number of carbonyl (C=O) groups excluding carboxylic acids is 1. The Morgan fingerprint density at radius 2 is 2.14 bits per heavy atom. The summed E-state index contributed by atoms with van der Waals surface area (Å²) < 4.78 is 0. The quantitative estimate of drug-likeness (QED) is 0.809. The van der Waals surface area contributed by atoms with E-state index in [0.717, 1.165) is 37.7 Å². The first-order valence-corrected chi connectivity index (χ1v) is 7.76. The van der Waals surface area contributed by atoms with E-state index in [1.54, 1.807) is 6.92 Å². The van der Waals surface area contributed by atoms with E-state index in [0.29, 0.717) is 6.54 Å². The molecule has 0 unspecified atom stereocenters. The Kier molecular flexibility index (Phi) is 5.56. The Bertz CT molecular complexity index is 531. The second-order valence-electron chi connectivity index (χ2n) is 6.03. The molecule has 0 spiro atoms. The normalized spacial score (nSPS) is 16.9. The smallest absolute Gasteiger partial charge is 0.256 e. The first kappa shape index (κ1) is 15.8. The van der Waals surface area contributed by atoms with Gasteiger partial charge in [-0.05, 0) is 51.7 Å². The van der Waals surface area contributed by atoms with Crippen molar-refractivity contribution in [1.29, 1.82) is 0 Å². The molecular formula is C16H25N3O2. The zero-order valence-electron chi connectivity index (χ0n) is 12.9. The minimum Gasteiger partial charge on any atom is -0.364 e. The molecule has 5 nitrogen and oxygen atoms in total. The second kappa shape index (κ2) is 7.41. The van der Waals surface area contributed by atoms with Gasteiger partial charge in [0, 0.05) is 24.5 Å². The zero-order valence-corrected chi connectivity index (χ0v) is 12.9. The maximum atomic E-state index is 11.9. The van der Waals surface area contributed by atoms with Crippen molar-refractivity contribution in [2.75, 3.05) is 26.2 Å². The summed E-state index contributed by atoms with van der Waals surface area (Å²) in [6.07, 6.45) is 4.94. The van der Waals surface area contributed by atoms with Crippen molar-refractivity contribution in [3.63, 3.8) is 0 Å². The second-order valence-corrected chi connectivity index (χ2v) is 6.03. The van der Waals surface area contributed by atoms with Crippen molar-refractivity contribution in [2.24, 2.45) is 5.92 Å². The summed E-state index contributed by atoms with van der Waals surface area (Å²) in [4.78, 5) is 29.0. The number of pyridine rings is 1. The molecule has 0 aliphatic carbocycles. The third kappa shape index (κ3) is 4.70. The summed E-state index contributed by atoms with van der Waals surface area (Å²) in [5, 5.41) is 2.82. The summed E-state index contributed by atoms with van der Waals surface area (Å²) in [7, 11) is 0. The van der Waals surface area contributed by atoms with Crippen molar-refractivity contribution < 1.29 is 4.79 Å². The van der Waals surface area contributed by atoms with E-state index in [1.807, 2.05) is 0 Å². The van der Waals surface area contributed by atoms with E-state index >= 15 is 0 Å². The highest BCUT2D eigenvalue weighted by atomic mass is 16.2. The highest BCUT2D eigenvalue weighted by Gasteiger charge is 2.15. The number of hydrogen-bond acceptors (Lipinski definition) is 3. The molecule has 1 aromatic heterocycles. The average molecular weight is 291 g/mol. The van der Waals surface area contributed by atoms with Gasteiger partial charge in [0.25, 0.3) is 5.91 Å². The van der Waals surface area contributed by atoms with Gasteiger partial charge in [0.2, 0.25) is 0 Å². The number of carbonyl (C=O) groups is 1. The Morgan fingerprint density at radius 3 is 2.81 bits per heavy atom. The van der Waals surface area contributed by atoms with Crippen LogP contribution >= 0.6 is 0 Å². The lowest BCUT2D eigenvalue weighted by molar-refractivity contribution is 0.0949. The van der Waals surface area contributed by atoms with Crippen LogP contribution in [0.15, 0.2) is 17.1 Å². The minimum absolute atomic E-state index is 0.187. The minimum atomic E-state index is -0.288. The molecule has 116 valence electrons. The van der Waals surface area contributed by atoms with E-state index in [1.165, 1.54) is 25.1 Å². The van der Waals surface area contributed by atoms with Gasteiger partial charge < -0.3 is 15.2 Å². The predicted molar refractivity (Wildman–Crippen MR) is 83.6 cm³/mol. The molecule has 1 amide bonds. The van der Waals surface area contributed by atoms with Crippen molar-refractivity contribution >= 4 is 5.91 Å². The van der Waals surface area contributed by atoms with Crippen LogP contribution in [0.1, 0.15) is 42.2 Å². The fourth-order valence-electron chi connectivity index (χ4n) is 2.64. The Morgan fingerprint density at radius 1 is 1.43 bits per heavy atom. The van der Waals surface area contributed by atoms with Crippen molar-refractivity contribution in [3.05, 3.63) is 33.7 Å². The van der Waals surface area contributed by atoms with Crippen LogP contribution in [0.5, 0.6) is 0 Å². The van der Waals surface area contributed by atoms with Gasteiger partial charge in [-0.1, -0.05) is 6.92 Å². The molecule has 1 saturated heterocycles. The standard InChI is InChI=1S/C16H25N3O2/c1-12-4-8-19(9-5-12)7-3-6-17-16(21)14-11-18-13(2)10-15(14)20/h10-12H,3-9H2,1-2H3,(H,17,21)(H,18,20). The molecule has 0 atom stereocenters. The molecule has 1 aliphatic rings. The number of likely N-dealkylation sites (tertiary alicyclic amines) is 1. The molecule has 5 heteroatoms. The maximum absolute atomic E-state index is 11.9. The van der Waals surface area contributed by atoms with E-state index in [-0.39, 0.29) is 16.9 Å². The van der Waals surface area contributed by atoms with Gasteiger partial charge in [-0.3, -0.25) is 9.59 Å². The monoisotopic (exact) mass is 291 g/mol. The van der Waals surface area contributed by atoms with Crippen LogP contribution in [0, 0.1) is 12.8 Å². The van der Waals surface area contributed by atoms with Gasteiger partial charge in [-0.15, -0.1) is 0 Å². The third-order valence-electron chi connectivity index (χ3n) is 4.11. The summed E-state index contributed by atoms with van der Waals surface area (Å²) in [5.74, 6) is 0.553. The van der Waals surface area contributed by atoms with Crippen LogP contribution in [-0.2, 0) is 0 Å². The van der Waals surface area contributed by atoms with Gasteiger partial charge in [-0.2, -0.15) is 0 Å². The SMILES string of the molecule is Cc1cc(=O)c(C(=O)NCCCN2CCC(C)CC2)c[nH]1. The highest BCUT2D eigenvalue weighted by molar-refractivity contribution is 5.93. The van der Waals surface area contributed by atoms with Gasteiger partial charge in [-0.25, -0.2) is 0 Å². The fourth-order valence-corrected chi connectivity index (χ4v) is 2.64. The van der Waals surface area contributed by atoms with E-state index in [2.05, 4.69) is 22.1 Å². The van der Waals surface area contributed by atoms with Gasteiger partial charge in [0.15, 0.2) is 5.43 Å². The van der Waals surface area contributed by atoms with E-state index in [4.69, 9.17) is 0 Å². The van der Waals surface area contributed by atoms with E-state index < -0.39 is 0 Å². The zero-order chi connectivity index (χ0) is 15.2. The number of H-pyrrole nitrogens is 1. The average Bonchev–Trinajstić information content (AvgIpc) is 2.45. The molecule has 1 aromatic rings. The molecule has 2 N–H and O–H groups in total. The van der Waals surface area contributed by atoms with Crippen LogP contribution in [-0.4, -0.2) is 42.0 Å². The van der Waals surface area contributed by atoms with Crippen LogP contribution in [0.25, 0.3) is 0 Å². The number of aromatic amines is 1. The molecule has 1 fully saturated rings. The maximum Gasteiger partial charge on any atom is 0.256 e. The largest absolute Gasteiger partial charge is 0.364 e. The van der Waals surface area contributed by atoms with Crippen molar-refractivity contribution in [2.45, 2.75) is 33.1 Å². The first-order chi connectivity index (χ1) is 10.1. The molecule has 0 radical (unpaired) electrons. The van der Waals surface area contributed by atoms with E-state index in [9.17, 15) is 9.59 Å². The molecule has 2 rings (SSSR count). The van der Waals surface area contributed by atoms with Crippen LogP contribution < -0.4 is 10.7 Å². The number of rotatable bonds is 5. The van der Waals surface area contributed by atoms with Crippen LogP contribution in [0.2, 0.25) is 0 Å². The summed E-state index contributed by atoms with van der Waals surface area (Å²) in [6, 6.07) is 1.45. The molecule has 1 aliphatic heterocycles. The summed E-state index contributed by atoms with van der Waals surface area (Å²) >= 11 is 0. The number of aryl methyl sites for hydroxylation is 1. The Hall–Kier alpha value is -1.62. The lowest BCUT2D eigenvalue weighted by Crippen LogP contribution is -2.36. The van der Waals surface area contributed by atoms with Gasteiger partial charge in [0.05, 0.1) is 0 Å². The van der Waals surface area contributed by atoms with Crippen LogP contribution in [0.4, 0.5) is 0 Å². The summed E-state index contributed by atoms with van der Waals surface area (Å²) in [6.45, 7) is 8.04. The fraction of sp³-hybridized carbons (Fsp3) is 0.625. The molecule has 21 heavy (non-hydrogen) atoms. The lowest BCUT2D eigenvalue weighted by atomic mass is 9.99. The first-order valence-electron chi connectivity index (χ1n) is 7.76. The number of nitrogens with one attached hydrogen (secondary N) is 2. The number of aromatic nitrogens is 1. The van der Waals surface area contributed by atoms with Crippen molar-refractivity contribution in [1.82, 2.24) is 15.2 Å². The molecule has 0 aromatic carbocycles. The number of hydrogen-bond donors (Lipinski definition) is 2. The predicted octanol–water partition coefficient (Wildman–Crippen LogP) is 1.54. The number of amides is 1. The highest BCUT2D eigenvalue weighted by Crippen LogP contribution is 2.15. The molecule has 0 bridgehead atoms. The molecule has 0 saturated carbocycles. The Labute approximate surface area is 125 Å².